The molecule has 0 aliphatic carbocycles. The lowest BCUT2D eigenvalue weighted by Crippen LogP contribution is -2.26. The smallest absolute Gasteiger partial charge is 0.250 e. The van der Waals surface area contributed by atoms with Crippen molar-refractivity contribution in [2.45, 2.75) is 26.8 Å². The molecule has 134 valence electrons. The van der Waals surface area contributed by atoms with Crippen LogP contribution in [-0.4, -0.2) is 33.2 Å². The van der Waals surface area contributed by atoms with Crippen LogP contribution in [0, 0.1) is 13.8 Å². The van der Waals surface area contributed by atoms with Crippen molar-refractivity contribution in [1.82, 2.24) is 20.2 Å². The van der Waals surface area contributed by atoms with E-state index in [9.17, 15) is 4.79 Å². The monoisotopic (exact) mass is 351 g/mol. The summed E-state index contributed by atoms with van der Waals surface area (Å²) in [7, 11) is 1.60. The summed E-state index contributed by atoms with van der Waals surface area (Å²) >= 11 is 0. The highest BCUT2D eigenvalue weighted by Gasteiger charge is 2.20. The van der Waals surface area contributed by atoms with E-state index in [2.05, 4.69) is 20.7 Å². The van der Waals surface area contributed by atoms with Gasteiger partial charge in [-0.05, 0) is 49.2 Å². The van der Waals surface area contributed by atoms with Crippen molar-refractivity contribution in [2.24, 2.45) is 0 Å². The first-order chi connectivity index (χ1) is 12.5. The zero-order chi connectivity index (χ0) is 18.7. The van der Waals surface area contributed by atoms with Crippen LogP contribution in [-0.2, 0) is 4.79 Å². The van der Waals surface area contributed by atoms with Gasteiger partial charge in [-0.15, -0.1) is 10.2 Å². The Kier molecular flexibility index (Phi) is 4.97. The molecule has 2 aromatic carbocycles. The Bertz CT molecular complexity index is 915. The number of hydrogen-bond acceptors (Lipinski definition) is 5. The van der Waals surface area contributed by atoms with Gasteiger partial charge in [0.25, 0.3) is 5.91 Å². The maximum Gasteiger partial charge on any atom is 0.250 e. The molecule has 3 aromatic rings. The first-order valence-corrected chi connectivity index (χ1v) is 8.30. The van der Waals surface area contributed by atoms with Crippen LogP contribution in [0.5, 0.6) is 5.75 Å². The molecule has 0 fully saturated rings. The molecule has 1 atom stereocenters. The Morgan fingerprint density at radius 3 is 2.54 bits per heavy atom. The lowest BCUT2D eigenvalue weighted by atomic mass is 10.1. The van der Waals surface area contributed by atoms with Crippen LogP contribution in [0.15, 0.2) is 42.5 Å². The van der Waals surface area contributed by atoms with Gasteiger partial charge in [-0.3, -0.25) is 4.79 Å². The minimum atomic E-state index is -0.596. The van der Waals surface area contributed by atoms with E-state index in [4.69, 9.17) is 4.74 Å². The normalized spacial score (nSPS) is 11.8. The summed E-state index contributed by atoms with van der Waals surface area (Å²) < 4.78 is 5.21. The Balaban J connectivity index is 1.79. The van der Waals surface area contributed by atoms with Crippen LogP contribution in [0.25, 0.3) is 11.4 Å². The SMILES string of the molecule is COc1cccc(-c2nnn([C@@H](C)C(=O)Nc3c(C)cccc3C)n2)c1. The van der Waals surface area contributed by atoms with Crippen LogP contribution in [0.4, 0.5) is 5.69 Å². The summed E-state index contributed by atoms with van der Waals surface area (Å²) in [5, 5.41) is 15.4. The average Bonchev–Trinajstić information content (AvgIpc) is 3.14. The highest BCUT2D eigenvalue weighted by Crippen LogP contribution is 2.22. The number of benzene rings is 2. The molecule has 0 aliphatic heterocycles. The van der Waals surface area contributed by atoms with E-state index in [0.29, 0.717) is 11.6 Å². The number of aryl methyl sites for hydroxylation is 2. The molecule has 1 heterocycles. The first kappa shape index (κ1) is 17.6. The van der Waals surface area contributed by atoms with E-state index in [0.717, 1.165) is 22.4 Å². The molecule has 0 saturated carbocycles. The number of tetrazole rings is 1. The largest absolute Gasteiger partial charge is 0.497 e. The number of rotatable bonds is 5. The number of aromatic nitrogens is 4. The van der Waals surface area contributed by atoms with E-state index >= 15 is 0 Å². The van der Waals surface area contributed by atoms with E-state index in [-0.39, 0.29) is 5.91 Å². The molecule has 1 N–H and O–H groups in total. The second kappa shape index (κ2) is 7.35. The quantitative estimate of drug-likeness (QED) is 0.763. The number of para-hydroxylation sites is 1. The molecular weight excluding hydrogens is 330 g/mol. The summed E-state index contributed by atoms with van der Waals surface area (Å²) in [5.41, 5.74) is 3.61. The second-order valence-electron chi connectivity index (χ2n) is 6.10. The average molecular weight is 351 g/mol. The fraction of sp³-hybridized carbons (Fsp3) is 0.263. The van der Waals surface area contributed by atoms with Crippen molar-refractivity contribution in [3.8, 4) is 17.1 Å². The summed E-state index contributed by atoms with van der Waals surface area (Å²) in [4.78, 5) is 13.9. The summed E-state index contributed by atoms with van der Waals surface area (Å²) in [5.74, 6) is 0.951. The molecule has 1 amide bonds. The Morgan fingerprint density at radius 2 is 1.85 bits per heavy atom. The molecule has 0 radical (unpaired) electrons. The van der Waals surface area contributed by atoms with Gasteiger partial charge in [-0.2, -0.15) is 4.80 Å². The van der Waals surface area contributed by atoms with Crippen LogP contribution in [0.1, 0.15) is 24.1 Å². The molecule has 0 unspecified atom stereocenters. The van der Waals surface area contributed by atoms with Crippen molar-refractivity contribution in [1.29, 1.82) is 0 Å². The number of amides is 1. The third-order valence-electron chi connectivity index (χ3n) is 4.21. The lowest BCUT2D eigenvalue weighted by molar-refractivity contribution is -0.119. The summed E-state index contributed by atoms with van der Waals surface area (Å²) in [6, 6.07) is 12.7. The number of carbonyl (C=O) groups excluding carboxylic acids is 1. The van der Waals surface area contributed by atoms with Crippen molar-refractivity contribution in [3.63, 3.8) is 0 Å². The Hall–Kier alpha value is -3.22. The topological polar surface area (TPSA) is 81.9 Å². The van der Waals surface area contributed by atoms with Gasteiger partial charge in [-0.1, -0.05) is 30.3 Å². The molecule has 0 bridgehead atoms. The van der Waals surface area contributed by atoms with E-state index in [1.165, 1.54) is 4.80 Å². The number of hydrogen-bond donors (Lipinski definition) is 1. The van der Waals surface area contributed by atoms with Gasteiger partial charge in [0.05, 0.1) is 7.11 Å². The van der Waals surface area contributed by atoms with Gasteiger partial charge in [0.2, 0.25) is 5.82 Å². The van der Waals surface area contributed by atoms with Crippen LogP contribution < -0.4 is 10.1 Å². The third-order valence-corrected chi connectivity index (χ3v) is 4.21. The predicted molar refractivity (Wildman–Crippen MR) is 99.1 cm³/mol. The minimum Gasteiger partial charge on any atom is -0.497 e. The molecule has 0 spiro atoms. The van der Waals surface area contributed by atoms with Gasteiger partial charge in [-0.25, -0.2) is 0 Å². The van der Waals surface area contributed by atoms with Gasteiger partial charge >= 0.3 is 0 Å². The molecule has 3 rings (SSSR count). The van der Waals surface area contributed by atoms with Gasteiger partial charge in [0.1, 0.15) is 11.8 Å². The molecule has 7 heteroatoms. The predicted octanol–water partition coefficient (Wildman–Crippen LogP) is 3.17. The molecule has 0 saturated heterocycles. The maximum absolute atomic E-state index is 12.6. The van der Waals surface area contributed by atoms with Crippen LogP contribution in [0.3, 0.4) is 0 Å². The number of nitrogens with zero attached hydrogens (tertiary/aromatic N) is 4. The molecular formula is C19H21N5O2. The fourth-order valence-corrected chi connectivity index (χ4v) is 2.61. The molecule has 7 nitrogen and oxygen atoms in total. The minimum absolute atomic E-state index is 0.197. The molecule has 0 aliphatic rings. The maximum atomic E-state index is 12.6. The number of ether oxygens (including phenoxy) is 1. The van der Waals surface area contributed by atoms with Crippen molar-refractivity contribution in [2.75, 3.05) is 12.4 Å². The third kappa shape index (κ3) is 3.56. The standard InChI is InChI=1S/C19H21N5O2/c1-12-7-5-8-13(2)17(12)20-19(25)14(3)24-22-18(21-23-24)15-9-6-10-16(11-15)26-4/h5-11,14H,1-4H3,(H,20,25)/t14-/m0/s1. The van der Waals surface area contributed by atoms with Crippen molar-refractivity contribution >= 4 is 11.6 Å². The first-order valence-electron chi connectivity index (χ1n) is 8.30. The number of nitrogens with one attached hydrogen (secondary N) is 1. The van der Waals surface area contributed by atoms with Crippen molar-refractivity contribution < 1.29 is 9.53 Å². The van der Waals surface area contributed by atoms with Gasteiger partial charge < -0.3 is 10.1 Å². The van der Waals surface area contributed by atoms with Gasteiger partial charge in [0.15, 0.2) is 0 Å². The lowest BCUT2D eigenvalue weighted by Gasteiger charge is -2.14. The number of carbonyl (C=O) groups is 1. The van der Waals surface area contributed by atoms with Crippen molar-refractivity contribution in [3.05, 3.63) is 53.6 Å². The van der Waals surface area contributed by atoms with Crippen LogP contribution in [0.2, 0.25) is 0 Å². The zero-order valence-corrected chi connectivity index (χ0v) is 15.2. The van der Waals surface area contributed by atoms with E-state index in [1.807, 2.05) is 56.3 Å². The number of anilines is 1. The van der Waals surface area contributed by atoms with E-state index < -0.39 is 6.04 Å². The van der Waals surface area contributed by atoms with E-state index in [1.54, 1.807) is 14.0 Å². The summed E-state index contributed by atoms with van der Waals surface area (Å²) in [6.07, 6.45) is 0. The number of methoxy groups -OCH3 is 1. The Morgan fingerprint density at radius 1 is 1.15 bits per heavy atom. The highest BCUT2D eigenvalue weighted by atomic mass is 16.5. The van der Waals surface area contributed by atoms with Crippen LogP contribution >= 0.6 is 0 Å². The summed E-state index contributed by atoms with van der Waals surface area (Å²) in [6.45, 7) is 5.66. The molecule has 1 aromatic heterocycles. The molecule has 26 heavy (non-hydrogen) atoms. The second-order valence-corrected chi connectivity index (χ2v) is 6.10. The Labute approximate surface area is 152 Å². The fourth-order valence-electron chi connectivity index (χ4n) is 2.61. The van der Waals surface area contributed by atoms with Gasteiger partial charge in [0, 0.05) is 11.3 Å². The zero-order valence-electron chi connectivity index (χ0n) is 15.2. The highest BCUT2D eigenvalue weighted by molar-refractivity contribution is 5.94.